The van der Waals surface area contributed by atoms with E-state index in [-0.39, 0.29) is 5.82 Å². The smallest absolute Gasteiger partial charge is 0.123 e. The Morgan fingerprint density at radius 1 is 0.826 bits per heavy atom. The fraction of sp³-hybridized carbons (Fsp3) is 0.545. The van der Waals surface area contributed by atoms with Crippen LogP contribution in [0.5, 0.6) is 0 Å². The summed E-state index contributed by atoms with van der Waals surface area (Å²) in [5.41, 5.74) is 1.34. The van der Waals surface area contributed by atoms with E-state index in [2.05, 4.69) is 18.7 Å². The molecule has 0 aromatic heterocycles. The van der Waals surface area contributed by atoms with Crippen LogP contribution in [0.2, 0.25) is 0 Å². The molecule has 124 valence electrons. The van der Waals surface area contributed by atoms with Crippen molar-refractivity contribution in [2.24, 2.45) is 17.8 Å². The molecule has 0 radical (unpaired) electrons. The molecule has 1 aromatic rings. The Balaban J connectivity index is 1.47. The molecule has 1 aromatic carbocycles. The molecule has 2 aliphatic rings. The number of benzene rings is 1. The van der Waals surface area contributed by atoms with Crippen LogP contribution in [0.1, 0.15) is 62.8 Å². The van der Waals surface area contributed by atoms with E-state index in [4.69, 9.17) is 0 Å². The van der Waals surface area contributed by atoms with Gasteiger partial charge in [0.05, 0.1) is 0 Å². The summed E-state index contributed by atoms with van der Waals surface area (Å²) >= 11 is 0. The molecule has 0 spiro atoms. The summed E-state index contributed by atoms with van der Waals surface area (Å²) in [6.07, 6.45) is 17.1. The van der Waals surface area contributed by atoms with Gasteiger partial charge in [0.2, 0.25) is 0 Å². The molecule has 0 nitrogen and oxygen atoms in total. The van der Waals surface area contributed by atoms with Crippen molar-refractivity contribution >= 4 is 0 Å². The highest BCUT2D eigenvalue weighted by molar-refractivity contribution is 5.21. The Morgan fingerprint density at radius 2 is 1.39 bits per heavy atom. The Hall–Kier alpha value is -1.37. The average Bonchev–Trinajstić information content (AvgIpc) is 2.61. The predicted octanol–water partition coefficient (Wildman–Crippen LogP) is 6.65. The first-order chi connectivity index (χ1) is 11.3. The van der Waals surface area contributed by atoms with Crippen LogP contribution in [-0.2, 0) is 0 Å². The number of hydrogen-bond donors (Lipinski definition) is 0. The summed E-state index contributed by atoms with van der Waals surface area (Å²) in [7, 11) is 0. The molecule has 1 heteroatoms. The minimum atomic E-state index is -0.121. The first-order valence-electron chi connectivity index (χ1n) is 9.31. The molecule has 2 saturated carbocycles. The summed E-state index contributed by atoms with van der Waals surface area (Å²) in [5.74, 6) is 3.18. The Bertz CT molecular complexity index is 511. The second kappa shape index (κ2) is 7.95. The summed E-state index contributed by atoms with van der Waals surface area (Å²) in [4.78, 5) is 0. The van der Waals surface area contributed by atoms with Crippen LogP contribution in [0.15, 0.2) is 49.1 Å². The highest BCUT2D eigenvalue weighted by Crippen LogP contribution is 2.44. The van der Waals surface area contributed by atoms with Crippen molar-refractivity contribution in [3.8, 4) is 0 Å². The lowest BCUT2D eigenvalue weighted by atomic mass is 9.68. The van der Waals surface area contributed by atoms with E-state index in [1.807, 2.05) is 18.2 Å². The fourth-order valence-electron chi connectivity index (χ4n) is 4.70. The maximum absolute atomic E-state index is 13.1. The van der Waals surface area contributed by atoms with Gasteiger partial charge in [0, 0.05) is 0 Å². The normalized spacial score (nSPS) is 32.0. The van der Waals surface area contributed by atoms with Crippen LogP contribution >= 0.6 is 0 Å². The molecule has 0 unspecified atom stereocenters. The number of hydrogen-bond acceptors (Lipinski definition) is 0. The van der Waals surface area contributed by atoms with E-state index in [0.717, 1.165) is 17.8 Å². The minimum Gasteiger partial charge on any atom is -0.207 e. The van der Waals surface area contributed by atoms with Crippen molar-refractivity contribution in [3.05, 3.63) is 60.5 Å². The van der Waals surface area contributed by atoms with Gasteiger partial charge in [-0.2, -0.15) is 0 Å². The van der Waals surface area contributed by atoms with E-state index in [9.17, 15) is 4.39 Å². The third-order valence-corrected chi connectivity index (χ3v) is 6.12. The number of halogens is 1. The second-order valence-electron chi connectivity index (χ2n) is 7.46. The van der Waals surface area contributed by atoms with Crippen LogP contribution in [0.4, 0.5) is 4.39 Å². The quantitative estimate of drug-likeness (QED) is 0.546. The molecular formula is C22H29F. The highest BCUT2D eigenvalue weighted by atomic mass is 19.1. The summed E-state index contributed by atoms with van der Waals surface area (Å²) in [6, 6.07) is 7.19. The highest BCUT2D eigenvalue weighted by Gasteiger charge is 2.30. The first-order valence-corrected chi connectivity index (χ1v) is 9.31. The van der Waals surface area contributed by atoms with Gasteiger partial charge in [-0.25, -0.2) is 4.39 Å². The van der Waals surface area contributed by atoms with E-state index in [0.29, 0.717) is 5.92 Å². The summed E-state index contributed by atoms with van der Waals surface area (Å²) in [5, 5.41) is 0. The molecular weight excluding hydrogens is 283 g/mol. The van der Waals surface area contributed by atoms with E-state index in [1.165, 1.54) is 56.9 Å². The molecule has 0 heterocycles. The van der Waals surface area contributed by atoms with E-state index >= 15 is 0 Å². The minimum absolute atomic E-state index is 0.121. The predicted molar refractivity (Wildman–Crippen MR) is 95.9 cm³/mol. The maximum Gasteiger partial charge on any atom is 0.123 e. The van der Waals surface area contributed by atoms with Crippen molar-refractivity contribution in [1.29, 1.82) is 0 Å². The van der Waals surface area contributed by atoms with Crippen molar-refractivity contribution in [1.82, 2.24) is 0 Å². The number of allylic oxidation sites excluding steroid dienone is 3. The van der Waals surface area contributed by atoms with Crippen LogP contribution in [0.25, 0.3) is 0 Å². The SMILES string of the molecule is C=C/C=C/C1CCC(C2CCC(c3ccc(F)cc3)CC2)CC1. The van der Waals surface area contributed by atoms with Crippen LogP contribution in [0, 0.1) is 23.6 Å². The van der Waals surface area contributed by atoms with Gasteiger partial charge in [-0.1, -0.05) is 36.9 Å². The zero-order valence-electron chi connectivity index (χ0n) is 14.1. The van der Waals surface area contributed by atoms with Gasteiger partial charge in [-0.15, -0.1) is 0 Å². The lowest BCUT2D eigenvalue weighted by Gasteiger charge is -2.37. The molecule has 2 aliphatic carbocycles. The fourth-order valence-corrected chi connectivity index (χ4v) is 4.70. The Labute approximate surface area is 140 Å². The second-order valence-corrected chi connectivity index (χ2v) is 7.46. The lowest BCUT2D eigenvalue weighted by molar-refractivity contribution is 0.171. The van der Waals surface area contributed by atoms with Gasteiger partial charge >= 0.3 is 0 Å². The molecule has 0 amide bonds. The molecule has 0 aliphatic heterocycles. The van der Waals surface area contributed by atoms with E-state index in [1.54, 1.807) is 12.1 Å². The van der Waals surface area contributed by atoms with Crippen LogP contribution in [0.3, 0.4) is 0 Å². The molecule has 2 fully saturated rings. The van der Waals surface area contributed by atoms with Gasteiger partial charge in [-0.05, 0) is 92.7 Å². The monoisotopic (exact) mass is 312 g/mol. The zero-order valence-corrected chi connectivity index (χ0v) is 14.1. The van der Waals surface area contributed by atoms with Crippen molar-refractivity contribution in [2.75, 3.05) is 0 Å². The maximum atomic E-state index is 13.1. The largest absolute Gasteiger partial charge is 0.207 e. The molecule has 3 rings (SSSR count). The third kappa shape index (κ3) is 4.34. The lowest BCUT2D eigenvalue weighted by Crippen LogP contribution is -2.25. The van der Waals surface area contributed by atoms with Gasteiger partial charge in [0.15, 0.2) is 0 Å². The Kier molecular flexibility index (Phi) is 5.70. The van der Waals surface area contributed by atoms with Gasteiger partial charge in [0.25, 0.3) is 0 Å². The van der Waals surface area contributed by atoms with Gasteiger partial charge in [-0.3, -0.25) is 0 Å². The first kappa shape index (κ1) is 16.5. The van der Waals surface area contributed by atoms with Gasteiger partial charge < -0.3 is 0 Å². The van der Waals surface area contributed by atoms with Crippen LogP contribution in [-0.4, -0.2) is 0 Å². The standard InChI is InChI=1S/C22H29F/c1-2-3-4-17-5-7-18(8-6-17)19-9-11-20(12-10-19)21-13-15-22(23)16-14-21/h2-4,13-20H,1,5-12H2/b4-3+. The van der Waals surface area contributed by atoms with Crippen molar-refractivity contribution in [3.63, 3.8) is 0 Å². The van der Waals surface area contributed by atoms with Gasteiger partial charge in [0.1, 0.15) is 5.82 Å². The third-order valence-electron chi connectivity index (χ3n) is 6.12. The molecule has 0 bridgehead atoms. The molecule has 0 atom stereocenters. The molecule has 23 heavy (non-hydrogen) atoms. The Morgan fingerprint density at radius 3 is 1.96 bits per heavy atom. The summed E-state index contributed by atoms with van der Waals surface area (Å²) in [6.45, 7) is 3.76. The zero-order chi connectivity index (χ0) is 16.1. The van der Waals surface area contributed by atoms with E-state index < -0.39 is 0 Å². The molecule has 0 saturated heterocycles. The summed E-state index contributed by atoms with van der Waals surface area (Å²) < 4.78 is 13.1. The van der Waals surface area contributed by atoms with Crippen molar-refractivity contribution in [2.45, 2.75) is 57.3 Å². The molecule has 0 N–H and O–H groups in total. The number of rotatable bonds is 4. The van der Waals surface area contributed by atoms with Crippen molar-refractivity contribution < 1.29 is 4.39 Å². The topological polar surface area (TPSA) is 0 Å². The van der Waals surface area contributed by atoms with Crippen LogP contribution < -0.4 is 0 Å². The average molecular weight is 312 g/mol.